The van der Waals surface area contributed by atoms with E-state index in [0.717, 1.165) is 43.2 Å². The van der Waals surface area contributed by atoms with Gasteiger partial charge in [0.05, 0.1) is 6.04 Å². The van der Waals surface area contributed by atoms with E-state index in [2.05, 4.69) is 23.5 Å². The van der Waals surface area contributed by atoms with E-state index >= 15 is 0 Å². The van der Waals surface area contributed by atoms with Crippen LogP contribution in [0.5, 0.6) is 5.75 Å². The number of nitrogens with zero attached hydrogens (tertiary/aromatic N) is 1. The van der Waals surface area contributed by atoms with Gasteiger partial charge in [-0.25, -0.2) is 4.39 Å². The van der Waals surface area contributed by atoms with Crippen LogP contribution in [0, 0.1) is 11.7 Å². The Kier molecular flexibility index (Phi) is 7.54. The summed E-state index contributed by atoms with van der Waals surface area (Å²) < 4.78 is 19.5. The zero-order chi connectivity index (χ0) is 25.8. The maximum Gasteiger partial charge on any atom is 0.261 e. The second-order valence-corrected chi connectivity index (χ2v) is 10.0. The summed E-state index contributed by atoms with van der Waals surface area (Å²) in [6.45, 7) is 2.62. The largest absolute Gasteiger partial charge is 0.481 e. The molecule has 2 aliphatic rings. The van der Waals surface area contributed by atoms with E-state index in [1.54, 1.807) is 19.1 Å². The standard InChI is InChI=1S/C31H33FN2O3/c1-21(30(35)33-20-22-8-7-13-26(32)18-22)37-27-15-14-23-16-17-34(31(36)25-11-5-6-12-25)29(28(23)19-27)24-9-3-2-4-10-24/h2-4,7-10,13-15,18-19,21,25,29H,5-6,11-12,16-17,20H2,1H3,(H,33,35)/t21-,29-/m1/s1. The normalized spacial score (nSPS) is 18.2. The highest BCUT2D eigenvalue weighted by Gasteiger charge is 2.36. The van der Waals surface area contributed by atoms with Gasteiger partial charge in [0.1, 0.15) is 11.6 Å². The highest BCUT2D eigenvalue weighted by Crippen LogP contribution is 2.39. The molecule has 0 radical (unpaired) electrons. The molecule has 5 rings (SSSR count). The zero-order valence-corrected chi connectivity index (χ0v) is 21.2. The van der Waals surface area contributed by atoms with Gasteiger partial charge in [0.2, 0.25) is 5.91 Å². The van der Waals surface area contributed by atoms with Gasteiger partial charge in [-0.15, -0.1) is 0 Å². The fourth-order valence-electron chi connectivity index (χ4n) is 5.54. The molecule has 1 aliphatic heterocycles. The van der Waals surface area contributed by atoms with Gasteiger partial charge in [0.25, 0.3) is 5.91 Å². The number of hydrogen-bond donors (Lipinski definition) is 1. The van der Waals surface area contributed by atoms with E-state index < -0.39 is 6.10 Å². The Labute approximate surface area is 217 Å². The lowest BCUT2D eigenvalue weighted by molar-refractivity contribution is -0.137. The molecule has 1 saturated carbocycles. The van der Waals surface area contributed by atoms with Gasteiger partial charge in [-0.05, 0) is 72.7 Å². The molecule has 0 aromatic heterocycles. The molecular weight excluding hydrogens is 467 g/mol. The van der Waals surface area contributed by atoms with Crippen molar-refractivity contribution in [3.63, 3.8) is 0 Å². The summed E-state index contributed by atoms with van der Waals surface area (Å²) in [5.74, 6) is 0.323. The minimum Gasteiger partial charge on any atom is -0.481 e. The summed E-state index contributed by atoms with van der Waals surface area (Å²) in [5, 5.41) is 2.81. The molecule has 1 N–H and O–H groups in total. The van der Waals surface area contributed by atoms with Crippen molar-refractivity contribution in [3.8, 4) is 5.75 Å². The number of ether oxygens (including phenoxy) is 1. The van der Waals surface area contributed by atoms with Crippen LogP contribution >= 0.6 is 0 Å². The average Bonchev–Trinajstić information content (AvgIpc) is 3.46. The molecule has 5 nitrogen and oxygen atoms in total. The fourth-order valence-corrected chi connectivity index (χ4v) is 5.54. The number of rotatable bonds is 7. The van der Waals surface area contributed by atoms with Crippen molar-refractivity contribution in [2.75, 3.05) is 6.54 Å². The van der Waals surface area contributed by atoms with Crippen molar-refractivity contribution in [1.82, 2.24) is 10.2 Å². The summed E-state index contributed by atoms with van der Waals surface area (Å²) in [7, 11) is 0. The molecule has 3 aromatic rings. The summed E-state index contributed by atoms with van der Waals surface area (Å²) in [5.41, 5.74) is 4.01. The van der Waals surface area contributed by atoms with Crippen LogP contribution in [0.1, 0.15) is 60.9 Å². The summed E-state index contributed by atoms with van der Waals surface area (Å²) in [6.07, 6.45) is 4.23. The number of benzene rings is 3. The zero-order valence-electron chi connectivity index (χ0n) is 21.2. The van der Waals surface area contributed by atoms with Gasteiger partial charge in [0, 0.05) is 19.0 Å². The molecule has 6 heteroatoms. The third-order valence-electron chi connectivity index (χ3n) is 7.49. The average molecular weight is 501 g/mol. The highest BCUT2D eigenvalue weighted by molar-refractivity contribution is 5.81. The number of fused-ring (bicyclic) bond motifs is 1. The van der Waals surface area contributed by atoms with E-state index in [9.17, 15) is 14.0 Å². The Hall–Kier alpha value is -3.67. The van der Waals surface area contributed by atoms with Crippen LogP contribution in [0.4, 0.5) is 4.39 Å². The molecule has 3 aromatic carbocycles. The highest BCUT2D eigenvalue weighted by atomic mass is 19.1. The maximum absolute atomic E-state index is 13.6. The van der Waals surface area contributed by atoms with Crippen molar-refractivity contribution in [3.05, 3.63) is 101 Å². The number of hydrogen-bond acceptors (Lipinski definition) is 3. The Morgan fingerprint density at radius 3 is 2.57 bits per heavy atom. The van der Waals surface area contributed by atoms with Gasteiger partial charge in [0.15, 0.2) is 6.10 Å². The SMILES string of the molecule is C[C@@H](Oc1ccc2c(c1)[C@@H](c1ccccc1)N(C(=O)C1CCCC1)CC2)C(=O)NCc1cccc(F)c1. The Morgan fingerprint density at radius 1 is 1.03 bits per heavy atom. The lowest BCUT2D eigenvalue weighted by atomic mass is 9.87. The van der Waals surface area contributed by atoms with Crippen LogP contribution < -0.4 is 10.1 Å². The Balaban J connectivity index is 1.35. The maximum atomic E-state index is 13.6. The number of carbonyl (C=O) groups excluding carboxylic acids is 2. The molecule has 0 bridgehead atoms. The second kappa shape index (κ2) is 11.2. The second-order valence-electron chi connectivity index (χ2n) is 10.0. The Morgan fingerprint density at radius 2 is 1.81 bits per heavy atom. The monoisotopic (exact) mass is 500 g/mol. The van der Waals surface area contributed by atoms with Crippen molar-refractivity contribution in [1.29, 1.82) is 0 Å². The molecule has 37 heavy (non-hydrogen) atoms. The van der Waals surface area contributed by atoms with Crippen LogP contribution in [0.15, 0.2) is 72.8 Å². The van der Waals surface area contributed by atoms with Gasteiger partial charge >= 0.3 is 0 Å². The fraction of sp³-hybridized carbons (Fsp3) is 0.355. The van der Waals surface area contributed by atoms with Gasteiger partial charge in [-0.3, -0.25) is 9.59 Å². The predicted octanol–water partition coefficient (Wildman–Crippen LogP) is 5.57. The molecular formula is C31H33FN2O3. The van der Waals surface area contributed by atoms with Gasteiger partial charge in [-0.2, -0.15) is 0 Å². The Bertz CT molecular complexity index is 1260. The predicted molar refractivity (Wildman–Crippen MR) is 140 cm³/mol. The first-order chi connectivity index (χ1) is 18.0. The van der Waals surface area contributed by atoms with Crippen molar-refractivity contribution in [2.45, 2.75) is 57.7 Å². The molecule has 1 heterocycles. The molecule has 1 aliphatic carbocycles. The van der Waals surface area contributed by atoms with Crippen molar-refractivity contribution in [2.24, 2.45) is 5.92 Å². The quantitative estimate of drug-likeness (QED) is 0.461. The van der Waals surface area contributed by atoms with Crippen LogP contribution in [0.25, 0.3) is 0 Å². The number of amides is 2. The first kappa shape index (κ1) is 25.0. The summed E-state index contributed by atoms with van der Waals surface area (Å²) in [6, 6.07) is 22.1. The van der Waals surface area contributed by atoms with Crippen LogP contribution in [-0.2, 0) is 22.6 Å². The van der Waals surface area contributed by atoms with Crippen LogP contribution in [-0.4, -0.2) is 29.4 Å². The third-order valence-corrected chi connectivity index (χ3v) is 7.49. The summed E-state index contributed by atoms with van der Waals surface area (Å²) >= 11 is 0. The van der Waals surface area contributed by atoms with Gasteiger partial charge < -0.3 is 15.0 Å². The van der Waals surface area contributed by atoms with Gasteiger partial charge in [-0.1, -0.05) is 61.4 Å². The molecule has 192 valence electrons. The number of nitrogens with one attached hydrogen (secondary N) is 1. The number of halogens is 1. The third kappa shape index (κ3) is 5.68. The molecule has 2 atom stereocenters. The lowest BCUT2D eigenvalue weighted by Gasteiger charge is -2.39. The van der Waals surface area contributed by atoms with Crippen molar-refractivity contribution < 1.29 is 18.7 Å². The molecule has 0 spiro atoms. The smallest absolute Gasteiger partial charge is 0.261 e. The minimum atomic E-state index is -0.735. The molecule has 0 saturated heterocycles. The van der Waals surface area contributed by atoms with Crippen LogP contribution in [0.3, 0.4) is 0 Å². The van der Waals surface area contributed by atoms with E-state index in [1.165, 1.54) is 17.7 Å². The molecule has 1 fully saturated rings. The van der Waals surface area contributed by atoms with E-state index in [0.29, 0.717) is 17.9 Å². The first-order valence-corrected chi connectivity index (χ1v) is 13.2. The molecule has 0 unspecified atom stereocenters. The number of carbonyl (C=O) groups is 2. The van der Waals surface area contributed by atoms with Crippen molar-refractivity contribution >= 4 is 11.8 Å². The van der Waals surface area contributed by atoms with Crippen LogP contribution in [0.2, 0.25) is 0 Å². The lowest BCUT2D eigenvalue weighted by Crippen LogP contribution is -2.43. The minimum absolute atomic E-state index is 0.106. The first-order valence-electron chi connectivity index (χ1n) is 13.2. The molecule has 2 amide bonds. The topological polar surface area (TPSA) is 58.6 Å². The summed E-state index contributed by atoms with van der Waals surface area (Å²) in [4.78, 5) is 28.3. The van der Waals surface area contributed by atoms with E-state index in [1.807, 2.05) is 35.2 Å². The van der Waals surface area contributed by atoms with E-state index in [-0.39, 0.29) is 36.1 Å². The van der Waals surface area contributed by atoms with E-state index in [4.69, 9.17) is 4.74 Å².